The number of carbonyl (C=O) groups is 1. The molecule has 2 heterocycles. The molecule has 7 heteroatoms. The maximum Gasteiger partial charge on any atom is 0.243 e. The van der Waals surface area contributed by atoms with Crippen molar-refractivity contribution in [1.82, 2.24) is 9.55 Å². The lowest BCUT2D eigenvalue weighted by molar-refractivity contribution is -0.122. The van der Waals surface area contributed by atoms with Crippen molar-refractivity contribution >= 4 is 29.0 Å². The van der Waals surface area contributed by atoms with Crippen LogP contribution in [0.5, 0.6) is 0 Å². The molecule has 0 radical (unpaired) electrons. The molecule has 0 saturated carbocycles. The molecule has 166 valence electrons. The molecule has 0 saturated heterocycles. The fourth-order valence-electron chi connectivity index (χ4n) is 4.53. The Morgan fingerprint density at radius 2 is 1.73 bits per heavy atom. The number of halogens is 3. The molecule has 3 aromatic carbocycles. The minimum absolute atomic E-state index is 0.135. The molecule has 4 nitrogen and oxygen atoms in total. The zero-order valence-corrected chi connectivity index (χ0v) is 18.8. The van der Waals surface area contributed by atoms with Crippen LogP contribution in [-0.2, 0) is 23.7 Å². The number of amides is 1. The number of aryl methyl sites for hydroxylation is 1. The molecular weight excluding hydrogens is 444 g/mol. The molecule has 0 spiro atoms. The molecule has 0 fully saturated rings. The molecule has 33 heavy (non-hydrogen) atoms. The Kier molecular flexibility index (Phi) is 5.05. The highest BCUT2D eigenvalue weighted by Gasteiger charge is 2.48. The van der Waals surface area contributed by atoms with Gasteiger partial charge in [-0.15, -0.1) is 0 Å². The highest BCUT2D eigenvalue weighted by atomic mass is 35.5. The number of fused-ring (bicyclic) bond motifs is 1. The topological polar surface area (TPSA) is 38.1 Å². The molecule has 0 bridgehead atoms. The lowest BCUT2D eigenvalue weighted by Crippen LogP contribution is -2.37. The highest BCUT2D eigenvalue weighted by molar-refractivity contribution is 6.30. The number of aromatic nitrogens is 2. The van der Waals surface area contributed by atoms with Gasteiger partial charge in [0, 0.05) is 24.3 Å². The quantitative estimate of drug-likeness (QED) is 0.361. The van der Waals surface area contributed by atoms with Gasteiger partial charge >= 0.3 is 0 Å². The maximum atomic E-state index is 13.9. The zero-order valence-electron chi connectivity index (χ0n) is 18.0. The molecule has 0 N–H and O–H groups in total. The SMILES string of the molecule is Cn1cnc(N2C(=O)C(C)(Cc3cc(F)cc(F)c3)c3cc(-c4cccc(Cl)c4)ccc32)c1. The van der Waals surface area contributed by atoms with Crippen molar-refractivity contribution in [1.29, 1.82) is 0 Å². The van der Waals surface area contributed by atoms with E-state index in [0.29, 0.717) is 22.1 Å². The third-order valence-electron chi connectivity index (χ3n) is 6.07. The minimum atomic E-state index is -1.05. The van der Waals surface area contributed by atoms with Crippen molar-refractivity contribution in [2.75, 3.05) is 4.90 Å². The maximum absolute atomic E-state index is 13.9. The predicted octanol–water partition coefficient (Wildman–Crippen LogP) is 6.20. The first-order valence-electron chi connectivity index (χ1n) is 10.4. The molecule has 1 atom stereocenters. The molecule has 1 aromatic heterocycles. The Morgan fingerprint density at radius 3 is 2.39 bits per heavy atom. The summed E-state index contributed by atoms with van der Waals surface area (Å²) >= 11 is 6.19. The van der Waals surface area contributed by atoms with Gasteiger partial charge < -0.3 is 4.57 Å². The highest BCUT2D eigenvalue weighted by Crippen LogP contribution is 2.48. The summed E-state index contributed by atoms with van der Waals surface area (Å²) in [7, 11) is 1.83. The summed E-state index contributed by atoms with van der Waals surface area (Å²) in [5.41, 5.74) is 2.62. The molecule has 5 rings (SSSR count). The van der Waals surface area contributed by atoms with E-state index in [1.54, 1.807) is 28.1 Å². The summed E-state index contributed by atoms with van der Waals surface area (Å²) in [6.45, 7) is 1.81. The average molecular weight is 464 g/mol. The van der Waals surface area contributed by atoms with Gasteiger partial charge in [-0.2, -0.15) is 0 Å². The van der Waals surface area contributed by atoms with Gasteiger partial charge in [0.2, 0.25) is 5.91 Å². The Labute approximate surface area is 195 Å². The van der Waals surface area contributed by atoms with Gasteiger partial charge in [-0.25, -0.2) is 13.8 Å². The van der Waals surface area contributed by atoms with E-state index < -0.39 is 17.0 Å². The number of hydrogen-bond donors (Lipinski definition) is 0. The van der Waals surface area contributed by atoms with Crippen LogP contribution in [0.2, 0.25) is 5.02 Å². The van der Waals surface area contributed by atoms with Crippen LogP contribution in [-0.4, -0.2) is 15.5 Å². The zero-order chi connectivity index (χ0) is 23.3. The largest absolute Gasteiger partial charge is 0.338 e. The molecule has 1 amide bonds. The third-order valence-corrected chi connectivity index (χ3v) is 6.30. The lowest BCUT2D eigenvalue weighted by atomic mass is 9.77. The van der Waals surface area contributed by atoms with Crippen LogP contribution < -0.4 is 4.90 Å². The van der Waals surface area contributed by atoms with E-state index in [1.807, 2.05) is 50.4 Å². The molecular formula is C26H20ClF2N3O. The van der Waals surface area contributed by atoms with Crippen LogP contribution in [0.25, 0.3) is 11.1 Å². The van der Waals surface area contributed by atoms with Crippen molar-refractivity contribution in [3.8, 4) is 11.1 Å². The molecule has 4 aromatic rings. The second-order valence-electron chi connectivity index (χ2n) is 8.57. The van der Waals surface area contributed by atoms with Crippen molar-refractivity contribution in [3.05, 3.63) is 101 Å². The fourth-order valence-corrected chi connectivity index (χ4v) is 4.72. The van der Waals surface area contributed by atoms with Crippen LogP contribution in [0.3, 0.4) is 0 Å². The van der Waals surface area contributed by atoms with Crippen molar-refractivity contribution in [2.45, 2.75) is 18.8 Å². The predicted molar refractivity (Wildman–Crippen MR) is 125 cm³/mol. The van der Waals surface area contributed by atoms with Crippen LogP contribution in [0.1, 0.15) is 18.1 Å². The van der Waals surface area contributed by atoms with Crippen molar-refractivity contribution in [3.63, 3.8) is 0 Å². The van der Waals surface area contributed by atoms with E-state index in [-0.39, 0.29) is 12.3 Å². The van der Waals surface area contributed by atoms with Crippen LogP contribution in [0.15, 0.2) is 73.2 Å². The van der Waals surface area contributed by atoms with Crippen LogP contribution >= 0.6 is 11.6 Å². The number of hydrogen-bond acceptors (Lipinski definition) is 2. The molecule has 1 aliphatic heterocycles. The molecule has 1 unspecified atom stereocenters. The summed E-state index contributed by atoms with van der Waals surface area (Å²) in [6, 6.07) is 16.6. The van der Waals surface area contributed by atoms with Gasteiger partial charge in [0.15, 0.2) is 5.82 Å². The summed E-state index contributed by atoms with van der Waals surface area (Å²) in [5.74, 6) is -1.06. The van der Waals surface area contributed by atoms with E-state index >= 15 is 0 Å². The first-order valence-corrected chi connectivity index (χ1v) is 10.8. The average Bonchev–Trinajstić information content (AvgIpc) is 3.26. The lowest BCUT2D eigenvalue weighted by Gasteiger charge is -2.24. The van der Waals surface area contributed by atoms with Crippen LogP contribution in [0, 0.1) is 11.6 Å². The van der Waals surface area contributed by atoms with E-state index in [4.69, 9.17) is 11.6 Å². The number of rotatable bonds is 4. The standard InChI is InChI=1S/C26H20ClF2N3O/c1-26(13-16-8-20(28)12-21(29)9-16)22-11-18(17-4-3-5-19(27)10-17)6-7-23(22)32(25(26)33)24-14-31(2)15-30-24/h3-12,14-15H,13H2,1-2H3. The summed E-state index contributed by atoms with van der Waals surface area (Å²) in [5, 5.41) is 0.609. The molecule has 1 aliphatic rings. The van der Waals surface area contributed by atoms with Gasteiger partial charge in [-0.1, -0.05) is 29.8 Å². The Hall–Kier alpha value is -3.51. The van der Waals surface area contributed by atoms with Gasteiger partial charge in [-0.05, 0) is 72.0 Å². The minimum Gasteiger partial charge on any atom is -0.338 e. The first kappa shape index (κ1) is 21.3. The van der Waals surface area contributed by atoms with E-state index in [1.165, 1.54) is 12.1 Å². The summed E-state index contributed by atoms with van der Waals surface area (Å²) in [6.07, 6.45) is 3.52. The second kappa shape index (κ2) is 7.81. The smallest absolute Gasteiger partial charge is 0.243 e. The number of carbonyl (C=O) groups excluding carboxylic acids is 1. The Morgan fingerprint density at radius 1 is 1.00 bits per heavy atom. The molecule has 0 aliphatic carbocycles. The fraction of sp³-hybridized carbons (Fsp3) is 0.154. The second-order valence-corrected chi connectivity index (χ2v) is 9.00. The number of anilines is 2. The Bertz CT molecular complexity index is 1380. The monoisotopic (exact) mass is 463 g/mol. The Balaban J connectivity index is 1.68. The van der Waals surface area contributed by atoms with E-state index in [2.05, 4.69) is 4.98 Å². The third kappa shape index (κ3) is 3.70. The number of imidazole rings is 1. The van der Waals surface area contributed by atoms with Gasteiger partial charge in [0.25, 0.3) is 0 Å². The van der Waals surface area contributed by atoms with Gasteiger partial charge in [-0.3, -0.25) is 9.69 Å². The van der Waals surface area contributed by atoms with Gasteiger partial charge in [0.05, 0.1) is 17.4 Å². The van der Waals surface area contributed by atoms with E-state index in [0.717, 1.165) is 22.8 Å². The first-order chi connectivity index (χ1) is 15.7. The van der Waals surface area contributed by atoms with Crippen LogP contribution in [0.4, 0.5) is 20.3 Å². The summed E-state index contributed by atoms with van der Waals surface area (Å²) < 4.78 is 29.6. The number of nitrogens with zero attached hydrogens (tertiary/aromatic N) is 3. The summed E-state index contributed by atoms with van der Waals surface area (Å²) in [4.78, 5) is 19.8. The van der Waals surface area contributed by atoms with Crippen molar-refractivity contribution in [2.24, 2.45) is 7.05 Å². The van der Waals surface area contributed by atoms with Gasteiger partial charge in [0.1, 0.15) is 11.6 Å². The van der Waals surface area contributed by atoms with E-state index in [9.17, 15) is 13.6 Å². The number of benzene rings is 3. The van der Waals surface area contributed by atoms with Crippen molar-refractivity contribution < 1.29 is 13.6 Å². The normalized spacial score (nSPS) is 17.5.